The molecule has 0 aliphatic carbocycles. The fourth-order valence-electron chi connectivity index (χ4n) is 1.65. The van der Waals surface area contributed by atoms with Crippen LogP contribution in [0.1, 0.15) is 30.6 Å². The number of carbonyl (C=O) groups is 1. The molecule has 112 valence electrons. The van der Waals surface area contributed by atoms with Gasteiger partial charge in [-0.3, -0.25) is 4.79 Å². The van der Waals surface area contributed by atoms with Crippen LogP contribution in [0.4, 0.5) is 8.78 Å². The molecule has 0 fully saturated rings. The zero-order valence-corrected chi connectivity index (χ0v) is 11.7. The van der Waals surface area contributed by atoms with E-state index < -0.39 is 36.0 Å². The van der Waals surface area contributed by atoms with E-state index in [2.05, 4.69) is 0 Å². The van der Waals surface area contributed by atoms with E-state index in [4.69, 9.17) is 5.11 Å². The zero-order chi connectivity index (χ0) is 15.3. The first-order valence-corrected chi connectivity index (χ1v) is 6.93. The lowest BCUT2D eigenvalue weighted by molar-refractivity contribution is -0.109. The number of hydrogen-bond donors (Lipinski definition) is 3. The van der Waals surface area contributed by atoms with Gasteiger partial charge in [-0.1, -0.05) is 11.8 Å². The van der Waals surface area contributed by atoms with Crippen LogP contribution in [0.15, 0.2) is 12.1 Å². The predicted octanol–water partition coefficient (Wildman–Crippen LogP) is 1.52. The van der Waals surface area contributed by atoms with Gasteiger partial charge in [0, 0.05) is 18.2 Å². The predicted molar refractivity (Wildman–Crippen MR) is 71.0 cm³/mol. The summed E-state index contributed by atoms with van der Waals surface area (Å²) in [5, 5.41) is 28.2. The van der Waals surface area contributed by atoms with Gasteiger partial charge in [-0.15, -0.1) is 0 Å². The zero-order valence-electron chi connectivity index (χ0n) is 10.8. The Labute approximate surface area is 119 Å². The molecule has 1 aromatic carbocycles. The lowest BCUT2D eigenvalue weighted by atomic mass is 10.0. The third-order valence-corrected chi connectivity index (χ3v) is 3.59. The van der Waals surface area contributed by atoms with Crippen molar-refractivity contribution >= 4 is 16.9 Å². The van der Waals surface area contributed by atoms with E-state index in [0.29, 0.717) is 5.75 Å². The molecule has 1 aromatic rings. The first-order valence-electron chi connectivity index (χ1n) is 5.95. The first kappa shape index (κ1) is 17.0. The van der Waals surface area contributed by atoms with Gasteiger partial charge in [-0.05, 0) is 24.1 Å². The van der Waals surface area contributed by atoms with Crippen molar-refractivity contribution in [3.8, 4) is 0 Å². The molecule has 7 heteroatoms. The van der Waals surface area contributed by atoms with Crippen molar-refractivity contribution in [3.63, 3.8) is 0 Å². The molecule has 0 radical (unpaired) electrons. The summed E-state index contributed by atoms with van der Waals surface area (Å²) in [6.07, 6.45) is -2.59. The smallest absolute Gasteiger partial charge is 0.185 e. The van der Waals surface area contributed by atoms with Crippen LogP contribution in [0.3, 0.4) is 0 Å². The number of benzene rings is 1. The minimum absolute atomic E-state index is 0.108. The number of halogens is 2. The van der Waals surface area contributed by atoms with Gasteiger partial charge in [-0.25, -0.2) is 8.78 Å². The highest BCUT2D eigenvalue weighted by Gasteiger charge is 2.21. The Bertz CT molecular complexity index is 458. The Morgan fingerprint density at radius 3 is 2.30 bits per heavy atom. The summed E-state index contributed by atoms with van der Waals surface area (Å²) >= 11 is 0.993. The average molecular weight is 306 g/mol. The molecule has 0 aliphatic heterocycles. The van der Waals surface area contributed by atoms with Gasteiger partial charge in [0.15, 0.2) is 5.12 Å². The molecule has 0 amide bonds. The molecule has 1 rings (SSSR count). The molecule has 0 aromatic heterocycles. The van der Waals surface area contributed by atoms with E-state index in [-0.39, 0.29) is 17.1 Å². The molecule has 0 spiro atoms. The maximum absolute atomic E-state index is 13.5. The second kappa shape index (κ2) is 7.68. The first-order chi connectivity index (χ1) is 9.36. The second-order valence-corrected chi connectivity index (χ2v) is 5.53. The molecule has 0 saturated heterocycles. The van der Waals surface area contributed by atoms with E-state index in [1.165, 1.54) is 6.92 Å². The van der Waals surface area contributed by atoms with E-state index in [9.17, 15) is 23.8 Å². The van der Waals surface area contributed by atoms with Gasteiger partial charge in [0.1, 0.15) is 17.7 Å². The van der Waals surface area contributed by atoms with Gasteiger partial charge in [0.2, 0.25) is 0 Å². The quantitative estimate of drug-likeness (QED) is 0.743. The molecule has 0 heterocycles. The molecular weight excluding hydrogens is 290 g/mol. The summed E-state index contributed by atoms with van der Waals surface area (Å²) in [4.78, 5) is 10.7. The van der Waals surface area contributed by atoms with Crippen LogP contribution in [0.5, 0.6) is 0 Å². The van der Waals surface area contributed by atoms with Gasteiger partial charge < -0.3 is 15.3 Å². The minimum atomic E-state index is -1.46. The Balaban J connectivity index is 2.76. The Kier molecular flexibility index (Phi) is 6.54. The highest BCUT2D eigenvalue weighted by Crippen LogP contribution is 2.24. The van der Waals surface area contributed by atoms with Crippen molar-refractivity contribution in [2.45, 2.75) is 32.2 Å². The lowest BCUT2D eigenvalue weighted by Crippen LogP contribution is -2.20. The molecular formula is C13H16F2O4S. The summed E-state index contributed by atoms with van der Waals surface area (Å²) in [7, 11) is 0. The van der Waals surface area contributed by atoms with Gasteiger partial charge in [-0.2, -0.15) is 0 Å². The summed E-state index contributed by atoms with van der Waals surface area (Å²) in [5.41, 5.74) is -0.597. The van der Waals surface area contributed by atoms with Crippen LogP contribution in [0.25, 0.3) is 0 Å². The lowest BCUT2D eigenvalue weighted by Gasteiger charge is -2.18. The molecule has 2 unspecified atom stereocenters. The van der Waals surface area contributed by atoms with Gasteiger partial charge in [0.05, 0.1) is 12.7 Å². The number of rotatable bonds is 6. The molecule has 20 heavy (non-hydrogen) atoms. The topological polar surface area (TPSA) is 77.8 Å². The van der Waals surface area contributed by atoms with Crippen LogP contribution in [-0.4, -0.2) is 32.3 Å². The van der Waals surface area contributed by atoms with Crippen LogP contribution < -0.4 is 0 Å². The number of aliphatic hydroxyl groups is 3. The number of carbonyl (C=O) groups excluding carboxylic acids is 1. The van der Waals surface area contributed by atoms with Crippen molar-refractivity contribution in [1.29, 1.82) is 0 Å². The Hall–Kier alpha value is -1.02. The van der Waals surface area contributed by atoms with Crippen LogP contribution in [0.2, 0.25) is 0 Å². The van der Waals surface area contributed by atoms with E-state index >= 15 is 0 Å². The fourth-order valence-corrected chi connectivity index (χ4v) is 2.29. The summed E-state index contributed by atoms with van der Waals surface area (Å²) in [5.74, 6) is -1.66. The van der Waals surface area contributed by atoms with Crippen LogP contribution >= 0.6 is 11.8 Å². The largest absolute Gasteiger partial charge is 0.391 e. The van der Waals surface area contributed by atoms with Crippen molar-refractivity contribution in [2.75, 3.05) is 5.75 Å². The van der Waals surface area contributed by atoms with E-state index in [0.717, 1.165) is 23.9 Å². The van der Waals surface area contributed by atoms with Crippen LogP contribution in [-0.2, 0) is 11.4 Å². The molecule has 4 nitrogen and oxygen atoms in total. The summed E-state index contributed by atoms with van der Waals surface area (Å²) in [6, 6.07) is 1.75. The van der Waals surface area contributed by atoms with E-state index in [1.807, 2.05) is 0 Å². The SMILES string of the molecule is CC(=O)SCCC(O)C(O)c1cc(F)c(CO)c(F)c1. The third kappa shape index (κ3) is 4.52. The molecule has 0 saturated carbocycles. The molecule has 0 aliphatic rings. The van der Waals surface area contributed by atoms with Crippen LogP contribution in [0, 0.1) is 11.6 Å². The normalized spacial score (nSPS) is 14.1. The number of thioether (sulfide) groups is 1. The van der Waals surface area contributed by atoms with Crippen molar-refractivity contribution in [1.82, 2.24) is 0 Å². The van der Waals surface area contributed by atoms with Crippen molar-refractivity contribution in [2.24, 2.45) is 0 Å². The van der Waals surface area contributed by atoms with Gasteiger partial charge >= 0.3 is 0 Å². The maximum Gasteiger partial charge on any atom is 0.185 e. The monoisotopic (exact) mass is 306 g/mol. The molecule has 2 atom stereocenters. The highest BCUT2D eigenvalue weighted by molar-refractivity contribution is 8.13. The number of aliphatic hydroxyl groups excluding tert-OH is 3. The number of hydrogen-bond acceptors (Lipinski definition) is 5. The Morgan fingerprint density at radius 1 is 1.30 bits per heavy atom. The Morgan fingerprint density at radius 2 is 1.85 bits per heavy atom. The average Bonchev–Trinajstić information content (AvgIpc) is 2.36. The minimum Gasteiger partial charge on any atom is -0.391 e. The standard InChI is InChI=1S/C13H16F2O4S/c1-7(17)20-3-2-12(18)13(19)8-4-10(14)9(6-16)11(15)5-8/h4-5,12-13,16,18-19H,2-3,6H2,1H3. The molecule has 3 N–H and O–H groups in total. The van der Waals surface area contributed by atoms with Crippen molar-refractivity contribution in [3.05, 3.63) is 34.9 Å². The fraction of sp³-hybridized carbons (Fsp3) is 0.462. The summed E-state index contributed by atoms with van der Waals surface area (Å²) in [6.45, 7) is 0.595. The van der Waals surface area contributed by atoms with Crippen molar-refractivity contribution < 1.29 is 28.9 Å². The summed E-state index contributed by atoms with van der Waals surface area (Å²) < 4.78 is 26.9. The maximum atomic E-state index is 13.5. The van der Waals surface area contributed by atoms with E-state index in [1.54, 1.807) is 0 Å². The molecule has 0 bridgehead atoms. The van der Waals surface area contributed by atoms with Gasteiger partial charge in [0.25, 0.3) is 0 Å². The highest BCUT2D eigenvalue weighted by atomic mass is 32.2. The second-order valence-electron chi connectivity index (χ2n) is 4.26. The third-order valence-electron chi connectivity index (χ3n) is 2.75.